The predicted octanol–water partition coefficient (Wildman–Crippen LogP) is 1.42. The van der Waals surface area contributed by atoms with Gasteiger partial charge in [0.05, 0.1) is 44.3 Å². The van der Waals surface area contributed by atoms with E-state index in [-0.39, 0.29) is 43.2 Å². The van der Waals surface area contributed by atoms with Gasteiger partial charge in [0.1, 0.15) is 6.10 Å². The number of fused-ring (bicyclic) bond motifs is 1. The number of β-amino-alcohol motifs (C(OH)–C–C–N with tert-alkyl or cyclic N) is 1. The molecule has 7 heteroatoms. The maximum Gasteiger partial charge on any atom is 0.227 e. The molecule has 2 heterocycles. The van der Waals surface area contributed by atoms with Crippen LogP contribution in [0.4, 0.5) is 0 Å². The average molecular weight is 417 g/mol. The second-order valence-corrected chi connectivity index (χ2v) is 8.74. The number of hydrogen-bond acceptors (Lipinski definition) is 5. The van der Waals surface area contributed by atoms with Crippen LogP contribution in [0.2, 0.25) is 0 Å². The molecule has 3 fully saturated rings. The van der Waals surface area contributed by atoms with Crippen LogP contribution in [0.25, 0.3) is 0 Å². The Balaban J connectivity index is 1.39. The first kappa shape index (κ1) is 21.3. The Morgan fingerprint density at radius 2 is 1.90 bits per heavy atom. The van der Waals surface area contributed by atoms with Crippen molar-refractivity contribution in [3.8, 4) is 0 Å². The summed E-state index contributed by atoms with van der Waals surface area (Å²) in [5.41, 5.74) is 0.953. The van der Waals surface area contributed by atoms with Crippen molar-refractivity contribution in [3.63, 3.8) is 0 Å². The van der Waals surface area contributed by atoms with Gasteiger partial charge in [-0.15, -0.1) is 0 Å². The van der Waals surface area contributed by atoms with Crippen molar-refractivity contribution in [3.05, 3.63) is 35.9 Å². The minimum atomic E-state index is -0.711. The van der Waals surface area contributed by atoms with E-state index in [1.807, 2.05) is 30.3 Å². The number of ether oxygens (including phenoxy) is 2. The summed E-state index contributed by atoms with van der Waals surface area (Å²) in [4.78, 5) is 27.2. The highest BCUT2D eigenvalue weighted by atomic mass is 16.5. The van der Waals surface area contributed by atoms with E-state index in [1.165, 1.54) is 6.42 Å². The minimum absolute atomic E-state index is 0.0121. The molecule has 1 aliphatic carbocycles. The van der Waals surface area contributed by atoms with Gasteiger partial charge in [-0.2, -0.15) is 0 Å². The second-order valence-electron chi connectivity index (χ2n) is 8.74. The average Bonchev–Trinajstić information content (AvgIpc) is 2.69. The number of rotatable bonds is 5. The molecule has 4 atom stereocenters. The normalized spacial score (nSPS) is 29.8. The summed E-state index contributed by atoms with van der Waals surface area (Å²) in [6, 6.07) is 9.82. The molecular weight excluding hydrogens is 384 g/mol. The number of carbonyl (C=O) groups is 2. The van der Waals surface area contributed by atoms with Gasteiger partial charge >= 0.3 is 0 Å². The molecule has 2 saturated heterocycles. The van der Waals surface area contributed by atoms with Gasteiger partial charge in [-0.1, -0.05) is 30.3 Å². The molecule has 0 bridgehead atoms. The fourth-order valence-corrected chi connectivity index (χ4v) is 4.55. The lowest BCUT2D eigenvalue weighted by molar-refractivity contribution is -0.169. The number of aliphatic hydroxyl groups excluding tert-OH is 1. The SMILES string of the molecule is O=C(C[C@@H]1CC[C@H]2[C@@H](COC[C@H](O)CN2C(=O)Cc2ccccc2)O1)NC1CCC1. The first-order chi connectivity index (χ1) is 14.6. The molecule has 7 nitrogen and oxygen atoms in total. The van der Waals surface area contributed by atoms with E-state index in [0.29, 0.717) is 31.9 Å². The van der Waals surface area contributed by atoms with Crippen LogP contribution in [0, 0.1) is 0 Å². The monoisotopic (exact) mass is 416 g/mol. The van der Waals surface area contributed by atoms with E-state index < -0.39 is 6.10 Å². The zero-order valence-corrected chi connectivity index (χ0v) is 17.4. The Hall–Kier alpha value is -1.96. The van der Waals surface area contributed by atoms with E-state index >= 15 is 0 Å². The third-order valence-corrected chi connectivity index (χ3v) is 6.38. The lowest BCUT2D eigenvalue weighted by atomic mass is 9.92. The predicted molar refractivity (Wildman–Crippen MR) is 111 cm³/mol. The summed E-state index contributed by atoms with van der Waals surface area (Å²) in [6.07, 6.45) is 4.25. The minimum Gasteiger partial charge on any atom is -0.389 e. The molecule has 1 aromatic rings. The molecule has 164 valence electrons. The van der Waals surface area contributed by atoms with Gasteiger partial charge in [-0.3, -0.25) is 9.59 Å². The van der Waals surface area contributed by atoms with Crippen LogP contribution in [0.1, 0.15) is 44.1 Å². The fraction of sp³-hybridized carbons (Fsp3) is 0.652. The molecule has 0 aromatic heterocycles. The van der Waals surface area contributed by atoms with E-state index in [1.54, 1.807) is 4.90 Å². The molecular formula is C23H32N2O5. The van der Waals surface area contributed by atoms with Crippen molar-refractivity contribution in [2.75, 3.05) is 19.8 Å². The summed E-state index contributed by atoms with van der Waals surface area (Å²) in [7, 11) is 0. The largest absolute Gasteiger partial charge is 0.389 e. The first-order valence-electron chi connectivity index (χ1n) is 11.1. The topological polar surface area (TPSA) is 88.1 Å². The molecule has 1 aromatic carbocycles. The number of carbonyl (C=O) groups excluding carboxylic acids is 2. The molecule has 4 rings (SSSR count). The van der Waals surface area contributed by atoms with Crippen molar-refractivity contribution in [1.82, 2.24) is 10.2 Å². The number of amides is 2. The van der Waals surface area contributed by atoms with Crippen LogP contribution < -0.4 is 5.32 Å². The third-order valence-electron chi connectivity index (χ3n) is 6.38. The highest BCUT2D eigenvalue weighted by Gasteiger charge is 2.40. The van der Waals surface area contributed by atoms with Crippen molar-refractivity contribution in [1.29, 1.82) is 0 Å². The molecule has 0 unspecified atom stereocenters. The van der Waals surface area contributed by atoms with Gasteiger partial charge in [0, 0.05) is 12.6 Å². The second kappa shape index (κ2) is 9.90. The van der Waals surface area contributed by atoms with Crippen LogP contribution in [-0.4, -0.2) is 72.0 Å². The van der Waals surface area contributed by atoms with Gasteiger partial charge in [0.2, 0.25) is 11.8 Å². The smallest absolute Gasteiger partial charge is 0.227 e. The quantitative estimate of drug-likeness (QED) is 0.758. The van der Waals surface area contributed by atoms with Crippen molar-refractivity contribution >= 4 is 11.8 Å². The lowest BCUT2D eigenvalue weighted by Gasteiger charge is -2.44. The van der Waals surface area contributed by atoms with Gasteiger partial charge in [-0.05, 0) is 37.7 Å². The Morgan fingerprint density at radius 1 is 1.10 bits per heavy atom. The number of nitrogens with one attached hydrogen (secondary N) is 1. The highest BCUT2D eigenvalue weighted by Crippen LogP contribution is 2.28. The van der Waals surface area contributed by atoms with Gasteiger partial charge < -0.3 is 24.8 Å². The molecule has 1 saturated carbocycles. The Bertz CT molecular complexity index is 724. The zero-order chi connectivity index (χ0) is 20.9. The fourth-order valence-electron chi connectivity index (χ4n) is 4.55. The standard InChI is InChI=1S/C23H32N2O5/c26-18-13-25(23(28)11-16-5-2-1-3-6-16)20-10-9-19(30-21(20)15-29-14-18)12-22(27)24-17-7-4-8-17/h1-3,5-6,17-21,26H,4,7-15H2,(H,24,27)/t18-,19+,20+,21-/m1/s1. The Morgan fingerprint density at radius 3 is 2.63 bits per heavy atom. The van der Waals surface area contributed by atoms with Crippen molar-refractivity contribution in [2.24, 2.45) is 0 Å². The summed E-state index contributed by atoms with van der Waals surface area (Å²) >= 11 is 0. The molecule has 2 aliphatic heterocycles. The van der Waals surface area contributed by atoms with Crippen LogP contribution in [0.15, 0.2) is 30.3 Å². The molecule has 30 heavy (non-hydrogen) atoms. The van der Waals surface area contributed by atoms with Crippen molar-refractivity contribution < 1.29 is 24.2 Å². The number of nitrogens with zero attached hydrogens (tertiary/aromatic N) is 1. The van der Waals surface area contributed by atoms with Crippen molar-refractivity contribution in [2.45, 2.75) is 75.3 Å². The first-order valence-corrected chi connectivity index (χ1v) is 11.1. The van der Waals surface area contributed by atoms with Crippen LogP contribution in [0.5, 0.6) is 0 Å². The molecule has 2 N–H and O–H groups in total. The summed E-state index contributed by atoms with van der Waals surface area (Å²) in [5, 5.41) is 13.3. The summed E-state index contributed by atoms with van der Waals surface area (Å²) in [5.74, 6) is 0.0317. The number of aliphatic hydroxyl groups is 1. The van der Waals surface area contributed by atoms with Gasteiger partial charge in [-0.25, -0.2) is 0 Å². The van der Waals surface area contributed by atoms with E-state index in [2.05, 4.69) is 5.32 Å². The molecule has 2 amide bonds. The molecule has 0 spiro atoms. The van der Waals surface area contributed by atoms with Gasteiger partial charge in [0.25, 0.3) is 0 Å². The highest BCUT2D eigenvalue weighted by molar-refractivity contribution is 5.79. The van der Waals surface area contributed by atoms with Gasteiger partial charge in [0.15, 0.2) is 0 Å². The Labute approximate surface area is 177 Å². The van der Waals surface area contributed by atoms with E-state index in [9.17, 15) is 14.7 Å². The van der Waals surface area contributed by atoms with Crippen LogP contribution in [-0.2, 0) is 25.5 Å². The maximum absolute atomic E-state index is 13.1. The van der Waals surface area contributed by atoms with E-state index in [0.717, 1.165) is 24.8 Å². The van der Waals surface area contributed by atoms with Crippen LogP contribution >= 0.6 is 0 Å². The number of hydrogen-bond donors (Lipinski definition) is 2. The molecule has 3 aliphatic rings. The summed E-state index contributed by atoms with van der Waals surface area (Å²) in [6.45, 7) is 0.731. The molecule has 0 radical (unpaired) electrons. The summed E-state index contributed by atoms with van der Waals surface area (Å²) < 4.78 is 11.9. The van der Waals surface area contributed by atoms with E-state index in [4.69, 9.17) is 9.47 Å². The maximum atomic E-state index is 13.1. The van der Waals surface area contributed by atoms with Crippen LogP contribution in [0.3, 0.4) is 0 Å². The Kier molecular flexibility index (Phi) is 7.02. The lowest BCUT2D eigenvalue weighted by Crippen LogP contribution is -2.58. The number of benzene rings is 1. The third kappa shape index (κ3) is 5.39. The zero-order valence-electron chi connectivity index (χ0n) is 17.4.